The average molecular weight is 387 g/mol. The number of anilines is 1. The number of aryl methyl sites for hydroxylation is 2. The maximum atomic E-state index is 12.2. The Labute approximate surface area is 151 Å². The van der Waals surface area contributed by atoms with E-state index in [4.69, 9.17) is 11.6 Å². The molecule has 0 aliphatic rings. The van der Waals surface area contributed by atoms with Crippen molar-refractivity contribution in [1.29, 1.82) is 0 Å². The summed E-state index contributed by atoms with van der Waals surface area (Å²) < 4.78 is 27.4. The van der Waals surface area contributed by atoms with Crippen LogP contribution in [0.15, 0.2) is 34.5 Å². The third-order valence-electron chi connectivity index (χ3n) is 3.62. The Morgan fingerprint density at radius 2 is 1.92 bits per heavy atom. The highest BCUT2D eigenvalue weighted by Crippen LogP contribution is 2.25. The highest BCUT2D eigenvalue weighted by atomic mass is 35.5. The lowest BCUT2D eigenvalue weighted by molar-refractivity contribution is -0.116. The van der Waals surface area contributed by atoms with Crippen molar-refractivity contribution >= 4 is 44.6 Å². The standard InChI is InChI=1S/C16H19ClN2O3S2/c1-11-4-5-14(10-12(11)2)19(13(3)20)9-8-18-24(21,22)16-7-6-15(17)23-16/h4-7,10,18H,8-9H2,1-3H3. The van der Waals surface area contributed by atoms with Gasteiger partial charge in [-0.05, 0) is 49.2 Å². The van der Waals surface area contributed by atoms with E-state index in [0.29, 0.717) is 4.34 Å². The molecule has 8 heteroatoms. The molecule has 0 atom stereocenters. The monoisotopic (exact) mass is 386 g/mol. The van der Waals surface area contributed by atoms with E-state index < -0.39 is 10.0 Å². The first kappa shape index (κ1) is 18.9. The first-order valence-corrected chi connectivity index (χ1v) is 9.99. The van der Waals surface area contributed by atoms with E-state index in [0.717, 1.165) is 28.2 Å². The van der Waals surface area contributed by atoms with Gasteiger partial charge in [0.1, 0.15) is 4.21 Å². The van der Waals surface area contributed by atoms with Gasteiger partial charge in [0, 0.05) is 25.7 Å². The van der Waals surface area contributed by atoms with Crippen LogP contribution in [0.3, 0.4) is 0 Å². The SMILES string of the molecule is CC(=O)N(CCNS(=O)(=O)c1ccc(Cl)s1)c1ccc(C)c(C)c1. The average Bonchev–Trinajstić information content (AvgIpc) is 2.94. The van der Waals surface area contributed by atoms with Gasteiger partial charge in [-0.1, -0.05) is 17.7 Å². The van der Waals surface area contributed by atoms with E-state index in [-0.39, 0.29) is 23.2 Å². The van der Waals surface area contributed by atoms with Crippen LogP contribution in [0.2, 0.25) is 4.34 Å². The van der Waals surface area contributed by atoms with Gasteiger partial charge < -0.3 is 4.90 Å². The molecule has 0 unspecified atom stereocenters. The molecule has 0 spiro atoms. The summed E-state index contributed by atoms with van der Waals surface area (Å²) in [4.78, 5) is 13.5. The van der Waals surface area contributed by atoms with Crippen molar-refractivity contribution in [2.45, 2.75) is 25.0 Å². The molecule has 130 valence electrons. The van der Waals surface area contributed by atoms with Crippen LogP contribution in [0, 0.1) is 13.8 Å². The van der Waals surface area contributed by atoms with E-state index >= 15 is 0 Å². The summed E-state index contributed by atoms with van der Waals surface area (Å²) in [5.74, 6) is -0.142. The van der Waals surface area contributed by atoms with Crippen molar-refractivity contribution in [3.63, 3.8) is 0 Å². The summed E-state index contributed by atoms with van der Waals surface area (Å²) >= 11 is 6.77. The molecule has 1 N–H and O–H groups in total. The third kappa shape index (κ3) is 4.57. The molecule has 24 heavy (non-hydrogen) atoms. The zero-order valence-electron chi connectivity index (χ0n) is 13.7. The normalized spacial score (nSPS) is 11.5. The zero-order chi connectivity index (χ0) is 17.9. The van der Waals surface area contributed by atoms with Gasteiger partial charge in [-0.25, -0.2) is 13.1 Å². The second-order valence-corrected chi connectivity index (χ2v) is 9.10. The smallest absolute Gasteiger partial charge is 0.250 e. The number of hydrogen-bond acceptors (Lipinski definition) is 4. The molecule has 0 fully saturated rings. The van der Waals surface area contributed by atoms with Crippen LogP contribution in [-0.4, -0.2) is 27.4 Å². The van der Waals surface area contributed by atoms with Crippen molar-refractivity contribution in [2.24, 2.45) is 0 Å². The lowest BCUT2D eigenvalue weighted by Gasteiger charge is -2.22. The summed E-state index contributed by atoms with van der Waals surface area (Å²) in [6, 6.07) is 8.72. The van der Waals surface area contributed by atoms with Crippen LogP contribution in [0.1, 0.15) is 18.1 Å². The largest absolute Gasteiger partial charge is 0.311 e. The van der Waals surface area contributed by atoms with Gasteiger partial charge in [0.2, 0.25) is 15.9 Å². The maximum absolute atomic E-state index is 12.2. The van der Waals surface area contributed by atoms with Crippen LogP contribution >= 0.6 is 22.9 Å². The van der Waals surface area contributed by atoms with Crippen molar-refractivity contribution in [3.05, 3.63) is 45.8 Å². The second kappa shape index (κ2) is 7.65. The van der Waals surface area contributed by atoms with Gasteiger partial charge in [-0.2, -0.15) is 0 Å². The zero-order valence-corrected chi connectivity index (χ0v) is 16.1. The molecule has 1 heterocycles. The fraction of sp³-hybridized carbons (Fsp3) is 0.312. The van der Waals surface area contributed by atoms with Crippen molar-refractivity contribution in [1.82, 2.24) is 4.72 Å². The Balaban J connectivity index is 2.07. The molecule has 1 amide bonds. The minimum Gasteiger partial charge on any atom is -0.311 e. The van der Waals surface area contributed by atoms with Gasteiger partial charge in [0.05, 0.1) is 4.34 Å². The number of carbonyl (C=O) groups is 1. The molecule has 0 bridgehead atoms. The van der Waals surface area contributed by atoms with E-state index in [1.165, 1.54) is 19.1 Å². The van der Waals surface area contributed by atoms with Crippen LogP contribution in [-0.2, 0) is 14.8 Å². The van der Waals surface area contributed by atoms with Gasteiger partial charge in [0.15, 0.2) is 0 Å². The number of amides is 1. The topological polar surface area (TPSA) is 66.5 Å². The number of benzene rings is 1. The van der Waals surface area contributed by atoms with E-state index in [1.807, 2.05) is 32.0 Å². The highest BCUT2D eigenvalue weighted by Gasteiger charge is 2.18. The molecule has 0 aliphatic carbocycles. The lowest BCUT2D eigenvalue weighted by Crippen LogP contribution is -2.37. The lowest BCUT2D eigenvalue weighted by atomic mass is 10.1. The number of carbonyl (C=O) groups excluding carboxylic acids is 1. The summed E-state index contributed by atoms with van der Waals surface area (Å²) in [7, 11) is -3.61. The van der Waals surface area contributed by atoms with Gasteiger partial charge in [-0.3, -0.25) is 4.79 Å². The summed E-state index contributed by atoms with van der Waals surface area (Å²) in [5, 5.41) is 0. The second-order valence-electron chi connectivity index (χ2n) is 5.40. The number of sulfonamides is 1. The van der Waals surface area contributed by atoms with E-state index in [9.17, 15) is 13.2 Å². The highest BCUT2D eigenvalue weighted by molar-refractivity contribution is 7.91. The molecule has 0 aliphatic heterocycles. The molecule has 5 nitrogen and oxygen atoms in total. The first-order chi connectivity index (χ1) is 11.2. The predicted octanol–water partition coefficient (Wildman–Crippen LogP) is 3.35. The van der Waals surface area contributed by atoms with Crippen LogP contribution in [0.4, 0.5) is 5.69 Å². The van der Waals surface area contributed by atoms with Gasteiger partial charge in [0.25, 0.3) is 0 Å². The summed E-state index contributed by atoms with van der Waals surface area (Å²) in [6.45, 7) is 5.79. The molecular formula is C16H19ClN2O3S2. The quantitative estimate of drug-likeness (QED) is 0.827. The predicted molar refractivity (Wildman–Crippen MR) is 98.5 cm³/mol. The maximum Gasteiger partial charge on any atom is 0.250 e. The fourth-order valence-electron chi connectivity index (χ4n) is 2.17. The number of rotatable bonds is 6. The van der Waals surface area contributed by atoms with Crippen molar-refractivity contribution in [3.8, 4) is 0 Å². The fourth-order valence-corrected chi connectivity index (χ4v) is 4.72. The van der Waals surface area contributed by atoms with Crippen molar-refractivity contribution < 1.29 is 13.2 Å². The summed E-state index contributed by atoms with van der Waals surface area (Å²) in [6.07, 6.45) is 0. The Morgan fingerprint density at radius 3 is 2.46 bits per heavy atom. The molecule has 2 rings (SSSR count). The van der Waals surface area contributed by atoms with Crippen LogP contribution < -0.4 is 9.62 Å². The third-order valence-corrected chi connectivity index (χ3v) is 6.81. The van der Waals surface area contributed by atoms with E-state index in [1.54, 1.807) is 4.90 Å². The Morgan fingerprint density at radius 1 is 1.21 bits per heavy atom. The molecular weight excluding hydrogens is 368 g/mol. The van der Waals surface area contributed by atoms with E-state index in [2.05, 4.69) is 4.72 Å². The first-order valence-electron chi connectivity index (χ1n) is 7.31. The Kier molecular flexibility index (Phi) is 6.03. The number of hydrogen-bond donors (Lipinski definition) is 1. The molecule has 0 radical (unpaired) electrons. The minimum absolute atomic E-state index is 0.115. The van der Waals surface area contributed by atoms with Crippen LogP contribution in [0.25, 0.3) is 0 Å². The summed E-state index contributed by atoms with van der Waals surface area (Å²) in [5.41, 5.74) is 2.97. The number of thiophene rings is 1. The number of nitrogens with zero attached hydrogens (tertiary/aromatic N) is 1. The Hall–Kier alpha value is -1.41. The van der Waals surface area contributed by atoms with Gasteiger partial charge in [-0.15, -0.1) is 11.3 Å². The molecule has 1 aromatic carbocycles. The molecule has 0 saturated heterocycles. The molecule has 2 aromatic rings. The molecule has 1 aromatic heterocycles. The number of nitrogens with one attached hydrogen (secondary N) is 1. The molecule has 0 saturated carbocycles. The van der Waals surface area contributed by atoms with Crippen molar-refractivity contribution in [2.75, 3.05) is 18.0 Å². The van der Waals surface area contributed by atoms with Gasteiger partial charge >= 0.3 is 0 Å². The Bertz CT molecular complexity index is 847. The minimum atomic E-state index is -3.61. The number of halogens is 1. The van der Waals surface area contributed by atoms with Crippen LogP contribution in [0.5, 0.6) is 0 Å².